The predicted molar refractivity (Wildman–Crippen MR) is 83.8 cm³/mol. The molecule has 0 saturated carbocycles. The molecule has 0 atom stereocenters. The highest BCUT2D eigenvalue weighted by Crippen LogP contribution is 2.32. The molecule has 0 spiro atoms. The van der Waals surface area contributed by atoms with Crippen molar-refractivity contribution in [3.63, 3.8) is 0 Å². The highest BCUT2D eigenvalue weighted by Gasteiger charge is 2.23. The highest BCUT2D eigenvalue weighted by atomic mass is 16.4. The molecule has 2 heterocycles. The van der Waals surface area contributed by atoms with Crippen LogP contribution in [-0.2, 0) is 19.5 Å². The van der Waals surface area contributed by atoms with Gasteiger partial charge in [0.25, 0.3) is 0 Å². The van der Waals surface area contributed by atoms with Crippen molar-refractivity contribution in [2.75, 3.05) is 13.1 Å². The van der Waals surface area contributed by atoms with Gasteiger partial charge in [0.1, 0.15) is 0 Å². The van der Waals surface area contributed by atoms with E-state index in [2.05, 4.69) is 23.3 Å². The van der Waals surface area contributed by atoms with Gasteiger partial charge in [-0.2, -0.15) is 0 Å². The van der Waals surface area contributed by atoms with Crippen molar-refractivity contribution in [1.82, 2.24) is 9.47 Å². The van der Waals surface area contributed by atoms with Crippen LogP contribution in [0.25, 0.3) is 10.9 Å². The van der Waals surface area contributed by atoms with Crippen LogP contribution in [0.3, 0.4) is 0 Å². The highest BCUT2D eigenvalue weighted by molar-refractivity contribution is 5.95. The van der Waals surface area contributed by atoms with E-state index in [4.69, 9.17) is 0 Å². The van der Waals surface area contributed by atoms with E-state index in [9.17, 15) is 9.90 Å². The molecule has 3 rings (SSSR count). The Morgan fingerprint density at radius 1 is 1.33 bits per heavy atom. The summed E-state index contributed by atoms with van der Waals surface area (Å²) < 4.78 is 2.39. The number of hydrogen-bond donors (Lipinski definition) is 1. The Morgan fingerprint density at radius 2 is 2.14 bits per heavy atom. The third kappa shape index (κ3) is 2.33. The Balaban J connectivity index is 2.20. The topological polar surface area (TPSA) is 45.5 Å². The third-order valence-electron chi connectivity index (χ3n) is 4.47. The first-order valence-electron chi connectivity index (χ1n) is 7.75. The summed E-state index contributed by atoms with van der Waals surface area (Å²) in [6.07, 6.45) is 2.15. The normalized spacial score (nSPS) is 15.3. The maximum absolute atomic E-state index is 11.2. The number of aryl methyl sites for hydroxylation is 1. The molecule has 2 aromatic rings. The summed E-state index contributed by atoms with van der Waals surface area (Å²) >= 11 is 0. The monoisotopic (exact) mass is 286 g/mol. The molecule has 0 unspecified atom stereocenters. The molecular formula is C17H22N2O2. The van der Waals surface area contributed by atoms with Gasteiger partial charge in [0.15, 0.2) is 0 Å². The average molecular weight is 286 g/mol. The maximum Gasteiger partial charge on any atom is 0.335 e. The standard InChI is InChI=1S/C17H22N2O2/c1-3-8-19-15-6-5-12(17(20)21)10-13(15)14-11-18(4-2)9-7-16(14)19/h5-6,10H,3-4,7-9,11H2,1-2H3,(H,20,21). The smallest absolute Gasteiger partial charge is 0.335 e. The van der Waals surface area contributed by atoms with Crippen molar-refractivity contribution in [3.8, 4) is 0 Å². The molecule has 21 heavy (non-hydrogen) atoms. The van der Waals surface area contributed by atoms with Crippen LogP contribution in [0, 0.1) is 0 Å². The number of rotatable bonds is 4. The van der Waals surface area contributed by atoms with Gasteiger partial charge in [-0.3, -0.25) is 4.90 Å². The molecule has 1 aliphatic rings. The molecule has 0 fully saturated rings. The number of carboxylic acid groups (broad SMARTS) is 1. The van der Waals surface area contributed by atoms with E-state index >= 15 is 0 Å². The van der Waals surface area contributed by atoms with E-state index < -0.39 is 5.97 Å². The molecular weight excluding hydrogens is 264 g/mol. The van der Waals surface area contributed by atoms with E-state index in [0.29, 0.717) is 5.56 Å². The minimum Gasteiger partial charge on any atom is -0.478 e. The summed E-state index contributed by atoms with van der Waals surface area (Å²) in [5.41, 5.74) is 4.30. The van der Waals surface area contributed by atoms with Gasteiger partial charge in [-0.15, -0.1) is 0 Å². The summed E-state index contributed by atoms with van der Waals surface area (Å²) in [6.45, 7) is 8.43. The average Bonchev–Trinajstić information content (AvgIpc) is 2.80. The number of fused-ring (bicyclic) bond motifs is 3. The fourth-order valence-corrected chi connectivity index (χ4v) is 3.39. The molecule has 0 radical (unpaired) electrons. The first kappa shape index (κ1) is 14.1. The van der Waals surface area contributed by atoms with E-state index in [0.717, 1.165) is 44.4 Å². The lowest BCUT2D eigenvalue weighted by molar-refractivity contribution is 0.0697. The molecule has 0 bridgehead atoms. The van der Waals surface area contributed by atoms with Gasteiger partial charge in [-0.05, 0) is 36.7 Å². The lowest BCUT2D eigenvalue weighted by Gasteiger charge is -2.26. The van der Waals surface area contributed by atoms with Gasteiger partial charge in [-0.1, -0.05) is 13.8 Å². The zero-order valence-electron chi connectivity index (χ0n) is 12.7. The van der Waals surface area contributed by atoms with Gasteiger partial charge in [0.05, 0.1) is 5.56 Å². The van der Waals surface area contributed by atoms with Crippen molar-refractivity contribution in [2.45, 2.75) is 39.8 Å². The van der Waals surface area contributed by atoms with Gasteiger partial charge >= 0.3 is 5.97 Å². The van der Waals surface area contributed by atoms with Crippen molar-refractivity contribution >= 4 is 16.9 Å². The Hall–Kier alpha value is -1.81. The fraction of sp³-hybridized carbons (Fsp3) is 0.471. The summed E-state index contributed by atoms with van der Waals surface area (Å²) in [7, 11) is 0. The number of likely N-dealkylation sites (N-methyl/N-ethyl adjacent to an activating group) is 1. The lowest BCUT2D eigenvalue weighted by Crippen LogP contribution is -2.30. The third-order valence-corrected chi connectivity index (χ3v) is 4.47. The van der Waals surface area contributed by atoms with Crippen molar-refractivity contribution < 1.29 is 9.90 Å². The van der Waals surface area contributed by atoms with Crippen molar-refractivity contribution in [3.05, 3.63) is 35.0 Å². The molecule has 0 amide bonds. The molecule has 112 valence electrons. The largest absolute Gasteiger partial charge is 0.478 e. The molecule has 0 saturated heterocycles. The van der Waals surface area contributed by atoms with Gasteiger partial charge in [0.2, 0.25) is 0 Å². The fourth-order valence-electron chi connectivity index (χ4n) is 3.39. The number of hydrogen-bond acceptors (Lipinski definition) is 2. The second-order valence-corrected chi connectivity index (χ2v) is 5.73. The van der Waals surface area contributed by atoms with Crippen LogP contribution in [0.1, 0.15) is 41.9 Å². The second kappa shape index (κ2) is 5.53. The lowest BCUT2D eigenvalue weighted by atomic mass is 10.0. The SMILES string of the molecule is CCCn1c2c(c3cc(C(=O)O)ccc31)CN(CC)CC2. The number of carbonyl (C=O) groups is 1. The molecule has 1 aromatic heterocycles. The number of carboxylic acids is 1. The van der Waals surface area contributed by atoms with Crippen LogP contribution in [0.2, 0.25) is 0 Å². The van der Waals surface area contributed by atoms with Gasteiger partial charge < -0.3 is 9.67 Å². The predicted octanol–water partition coefficient (Wildman–Crippen LogP) is 3.13. The van der Waals surface area contributed by atoms with Gasteiger partial charge in [0, 0.05) is 42.7 Å². The van der Waals surface area contributed by atoms with Crippen molar-refractivity contribution in [1.29, 1.82) is 0 Å². The molecule has 4 nitrogen and oxygen atoms in total. The Kier molecular flexibility index (Phi) is 3.72. The van der Waals surface area contributed by atoms with Crippen molar-refractivity contribution in [2.24, 2.45) is 0 Å². The van der Waals surface area contributed by atoms with Crippen LogP contribution in [0.15, 0.2) is 18.2 Å². The zero-order valence-corrected chi connectivity index (χ0v) is 12.7. The number of aromatic carboxylic acids is 1. The maximum atomic E-state index is 11.2. The number of aromatic nitrogens is 1. The van der Waals surface area contributed by atoms with Crippen LogP contribution in [0.5, 0.6) is 0 Å². The van der Waals surface area contributed by atoms with E-state index in [1.54, 1.807) is 6.07 Å². The van der Waals surface area contributed by atoms with E-state index in [1.807, 2.05) is 12.1 Å². The van der Waals surface area contributed by atoms with Gasteiger partial charge in [-0.25, -0.2) is 4.79 Å². The summed E-state index contributed by atoms with van der Waals surface area (Å²) in [5.74, 6) is -0.850. The first-order chi connectivity index (χ1) is 10.2. The molecule has 4 heteroatoms. The zero-order chi connectivity index (χ0) is 15.0. The summed E-state index contributed by atoms with van der Waals surface area (Å²) in [5, 5.41) is 10.4. The molecule has 0 aliphatic carbocycles. The van der Waals surface area contributed by atoms with E-state index in [-0.39, 0.29) is 0 Å². The minimum atomic E-state index is -0.850. The van der Waals surface area contributed by atoms with Crippen LogP contribution in [0.4, 0.5) is 0 Å². The summed E-state index contributed by atoms with van der Waals surface area (Å²) in [4.78, 5) is 13.7. The second-order valence-electron chi connectivity index (χ2n) is 5.73. The van der Waals surface area contributed by atoms with Crippen LogP contribution < -0.4 is 0 Å². The summed E-state index contributed by atoms with van der Waals surface area (Å²) in [6, 6.07) is 5.55. The van der Waals surface area contributed by atoms with Crippen LogP contribution >= 0.6 is 0 Å². The molecule has 1 aliphatic heterocycles. The molecule has 1 N–H and O–H groups in total. The number of nitrogens with zero attached hydrogens (tertiary/aromatic N) is 2. The minimum absolute atomic E-state index is 0.382. The Morgan fingerprint density at radius 3 is 2.81 bits per heavy atom. The Bertz CT molecular complexity index is 688. The quantitative estimate of drug-likeness (QED) is 0.939. The molecule has 1 aromatic carbocycles. The first-order valence-corrected chi connectivity index (χ1v) is 7.75. The Labute approximate surface area is 125 Å². The van der Waals surface area contributed by atoms with Crippen LogP contribution in [-0.4, -0.2) is 33.6 Å². The van der Waals surface area contributed by atoms with E-state index in [1.165, 1.54) is 16.8 Å². The number of benzene rings is 1.